The summed E-state index contributed by atoms with van der Waals surface area (Å²) >= 11 is 0. The molecule has 3 aliphatic rings. The van der Waals surface area contributed by atoms with Crippen LogP contribution in [0.3, 0.4) is 0 Å². The molecule has 1 saturated heterocycles. The Labute approximate surface area is 108 Å². The molecule has 0 aromatic heterocycles. The van der Waals surface area contributed by atoms with Crippen molar-refractivity contribution in [2.45, 2.75) is 52.0 Å². The molecule has 1 spiro atoms. The molecule has 2 heteroatoms. The predicted molar refractivity (Wildman–Crippen MR) is 66.4 cm³/mol. The molecule has 3 rings (SSSR count). The highest BCUT2D eigenvalue weighted by molar-refractivity contribution is 5.76. The Hall–Kier alpha value is -0.790. The predicted octanol–water partition coefficient (Wildman–Crippen LogP) is 3.32. The zero-order valence-electron chi connectivity index (χ0n) is 13.5. The van der Waals surface area contributed by atoms with Crippen molar-refractivity contribution < 1.29 is 13.6 Å². The fourth-order valence-electron chi connectivity index (χ4n) is 4.22. The highest BCUT2D eigenvalue weighted by atomic mass is 16.6. The Morgan fingerprint density at radius 1 is 1.35 bits per heavy atom. The molecule has 1 aliphatic heterocycles. The molecule has 0 radical (unpaired) electrons. The minimum Gasteiger partial charge on any atom is -0.454 e. The average Bonchev–Trinajstić information content (AvgIpc) is 2.59. The first-order chi connectivity index (χ1) is 9.25. The van der Waals surface area contributed by atoms with Crippen LogP contribution in [-0.2, 0) is 9.53 Å². The quantitative estimate of drug-likeness (QED) is 0.477. The largest absolute Gasteiger partial charge is 0.454 e. The van der Waals surface area contributed by atoms with Crippen molar-refractivity contribution in [3.63, 3.8) is 0 Å². The van der Waals surface area contributed by atoms with Gasteiger partial charge in [0.2, 0.25) is 0 Å². The Morgan fingerprint density at radius 2 is 2.18 bits per heavy atom. The van der Waals surface area contributed by atoms with Crippen LogP contribution in [0, 0.1) is 23.7 Å². The zero-order valence-corrected chi connectivity index (χ0v) is 10.5. The number of carbonyl (C=O) groups excluding carboxylic acids is 1. The molecule has 2 fully saturated rings. The van der Waals surface area contributed by atoms with E-state index in [1.165, 1.54) is 0 Å². The lowest BCUT2D eigenvalue weighted by Crippen LogP contribution is -2.50. The van der Waals surface area contributed by atoms with E-state index in [0.29, 0.717) is 17.9 Å². The fourth-order valence-corrected chi connectivity index (χ4v) is 4.22. The van der Waals surface area contributed by atoms with Gasteiger partial charge in [0.05, 0.1) is 5.92 Å². The van der Waals surface area contributed by atoms with Gasteiger partial charge in [-0.2, -0.15) is 0 Å². The monoisotopic (exact) mass is 237 g/mol. The van der Waals surface area contributed by atoms with Crippen molar-refractivity contribution in [3.8, 4) is 0 Å². The van der Waals surface area contributed by atoms with Crippen molar-refractivity contribution in [1.29, 1.82) is 0 Å². The fraction of sp³-hybridized carbons (Fsp3) is 0.800. The standard InChI is InChI=1S/C15H22O2/c1-9-4-6-12-10(2)5-7-13-11(3)14(16)17-15(12,13)8-9/h8,10-13H,4-7H2,1-3H3/t10-,11-,12+,13+,15+/m1/s1/i1D3. The van der Waals surface area contributed by atoms with Crippen LogP contribution in [0.2, 0.25) is 0 Å². The van der Waals surface area contributed by atoms with E-state index in [1.807, 2.05) is 13.0 Å². The van der Waals surface area contributed by atoms with Crippen molar-refractivity contribution in [2.75, 3.05) is 0 Å². The molecule has 5 atom stereocenters. The first-order valence-electron chi connectivity index (χ1n) is 8.21. The Kier molecular flexibility index (Phi) is 1.77. The second kappa shape index (κ2) is 3.60. The molecule has 94 valence electrons. The molecule has 0 unspecified atom stereocenters. The van der Waals surface area contributed by atoms with Crippen LogP contribution in [0.1, 0.15) is 50.5 Å². The molecule has 0 amide bonds. The summed E-state index contributed by atoms with van der Waals surface area (Å²) < 4.78 is 28.8. The van der Waals surface area contributed by atoms with Crippen molar-refractivity contribution >= 4 is 5.97 Å². The maximum atomic E-state index is 12.1. The van der Waals surface area contributed by atoms with Gasteiger partial charge in [-0.15, -0.1) is 0 Å². The van der Waals surface area contributed by atoms with Gasteiger partial charge in [-0.05, 0) is 44.5 Å². The lowest BCUT2D eigenvalue weighted by atomic mass is 9.58. The van der Waals surface area contributed by atoms with Crippen LogP contribution >= 0.6 is 0 Å². The number of rotatable bonds is 0. The number of hydrogen-bond donors (Lipinski definition) is 0. The van der Waals surface area contributed by atoms with Gasteiger partial charge in [0.15, 0.2) is 0 Å². The third kappa shape index (κ3) is 1.42. The number of carbonyl (C=O) groups is 1. The maximum Gasteiger partial charge on any atom is 0.309 e. The molecule has 1 heterocycles. The van der Waals surface area contributed by atoms with Gasteiger partial charge < -0.3 is 4.74 Å². The summed E-state index contributed by atoms with van der Waals surface area (Å²) in [5.74, 6) is 0.642. The lowest BCUT2D eigenvalue weighted by Gasteiger charge is -2.48. The second-order valence-corrected chi connectivity index (χ2v) is 6.04. The molecule has 0 bridgehead atoms. The number of ether oxygens (including phenoxy) is 1. The second-order valence-electron chi connectivity index (χ2n) is 6.04. The van der Waals surface area contributed by atoms with Gasteiger partial charge in [-0.1, -0.05) is 19.4 Å². The topological polar surface area (TPSA) is 26.3 Å². The summed E-state index contributed by atoms with van der Waals surface area (Å²) in [7, 11) is 0. The normalized spacial score (nSPS) is 52.5. The van der Waals surface area contributed by atoms with Crippen LogP contribution < -0.4 is 0 Å². The van der Waals surface area contributed by atoms with Crippen LogP contribution in [0.25, 0.3) is 0 Å². The van der Waals surface area contributed by atoms with Crippen molar-refractivity contribution in [2.24, 2.45) is 23.7 Å². The summed E-state index contributed by atoms with van der Waals surface area (Å²) in [4.78, 5) is 12.1. The van der Waals surface area contributed by atoms with Gasteiger partial charge in [0.1, 0.15) is 5.60 Å². The van der Waals surface area contributed by atoms with E-state index in [4.69, 9.17) is 8.85 Å². The highest BCUT2D eigenvalue weighted by Crippen LogP contribution is 2.56. The van der Waals surface area contributed by atoms with Gasteiger partial charge in [-0.3, -0.25) is 4.79 Å². The highest BCUT2D eigenvalue weighted by Gasteiger charge is 2.60. The average molecular weight is 237 g/mol. The Balaban J connectivity index is 2.08. The van der Waals surface area contributed by atoms with Gasteiger partial charge in [0.25, 0.3) is 0 Å². The minimum atomic E-state index is -2.07. The first kappa shape index (κ1) is 8.34. The number of hydrogen-bond acceptors (Lipinski definition) is 2. The molecular weight excluding hydrogens is 212 g/mol. The molecule has 1 saturated carbocycles. The maximum absolute atomic E-state index is 12.1. The molecule has 17 heavy (non-hydrogen) atoms. The minimum absolute atomic E-state index is 0.114. The Morgan fingerprint density at radius 3 is 2.94 bits per heavy atom. The van der Waals surface area contributed by atoms with E-state index in [1.54, 1.807) is 0 Å². The van der Waals surface area contributed by atoms with Crippen LogP contribution in [-0.4, -0.2) is 11.6 Å². The molecule has 2 aliphatic carbocycles. The van der Waals surface area contributed by atoms with E-state index >= 15 is 0 Å². The molecular formula is C15H22O2. The van der Waals surface area contributed by atoms with E-state index < -0.39 is 12.5 Å². The van der Waals surface area contributed by atoms with Gasteiger partial charge >= 0.3 is 5.97 Å². The molecule has 0 aromatic rings. The van der Waals surface area contributed by atoms with Crippen LogP contribution in [0.4, 0.5) is 0 Å². The summed E-state index contributed by atoms with van der Waals surface area (Å²) in [6, 6.07) is 0. The number of esters is 1. The lowest BCUT2D eigenvalue weighted by molar-refractivity contribution is -0.155. The Bertz CT molecular complexity index is 468. The van der Waals surface area contributed by atoms with E-state index in [2.05, 4.69) is 6.92 Å². The molecule has 2 nitrogen and oxygen atoms in total. The first-order valence-corrected chi connectivity index (χ1v) is 6.71. The van der Waals surface area contributed by atoms with Crippen LogP contribution in [0.15, 0.2) is 11.6 Å². The third-order valence-electron chi connectivity index (χ3n) is 5.16. The SMILES string of the molecule is [2H]C([2H])([2H])C1=C[C@@]23OC(=O)[C@H](C)[C@@H]2CC[C@@H](C)[C@@H]3CC1. The van der Waals surface area contributed by atoms with E-state index in [-0.39, 0.29) is 23.7 Å². The summed E-state index contributed by atoms with van der Waals surface area (Å²) in [5.41, 5.74) is -0.161. The van der Waals surface area contributed by atoms with Gasteiger partial charge in [-0.25, -0.2) is 0 Å². The molecule has 0 N–H and O–H groups in total. The van der Waals surface area contributed by atoms with Crippen LogP contribution in [0.5, 0.6) is 0 Å². The summed E-state index contributed by atoms with van der Waals surface area (Å²) in [6.07, 6.45) is 5.30. The third-order valence-corrected chi connectivity index (χ3v) is 5.16. The van der Waals surface area contributed by atoms with Crippen molar-refractivity contribution in [3.05, 3.63) is 11.6 Å². The molecule has 0 aromatic carbocycles. The summed E-state index contributed by atoms with van der Waals surface area (Å²) in [6.45, 7) is 2.06. The van der Waals surface area contributed by atoms with Gasteiger partial charge in [0, 0.05) is 15.9 Å². The van der Waals surface area contributed by atoms with Crippen molar-refractivity contribution in [1.82, 2.24) is 0 Å². The number of allylic oxidation sites excluding steroid dienone is 1. The zero-order chi connectivity index (χ0) is 14.7. The van der Waals surface area contributed by atoms with E-state index in [0.717, 1.165) is 19.3 Å². The smallest absolute Gasteiger partial charge is 0.309 e. The van der Waals surface area contributed by atoms with E-state index in [9.17, 15) is 4.79 Å². The summed E-state index contributed by atoms with van der Waals surface area (Å²) in [5, 5.41) is 0.